The van der Waals surface area contributed by atoms with Crippen LogP contribution in [0.15, 0.2) is 33.6 Å². The molecule has 0 radical (unpaired) electrons. The number of nitrogens with one attached hydrogen (secondary N) is 3. The molecule has 1 aromatic carbocycles. The Hall–Kier alpha value is -2.54. The van der Waals surface area contributed by atoms with Crippen molar-refractivity contribution >= 4 is 17.0 Å². The van der Waals surface area contributed by atoms with Crippen molar-refractivity contribution in [2.24, 2.45) is 5.84 Å². The van der Waals surface area contributed by atoms with Crippen molar-refractivity contribution in [3.8, 4) is 11.3 Å². The van der Waals surface area contributed by atoms with Crippen LogP contribution in [0, 0.1) is 0 Å². The van der Waals surface area contributed by atoms with Gasteiger partial charge < -0.3 is 9.40 Å². The van der Waals surface area contributed by atoms with Gasteiger partial charge in [0, 0.05) is 5.56 Å². The molecule has 3 aromatic rings. The van der Waals surface area contributed by atoms with Gasteiger partial charge in [-0.2, -0.15) is 0 Å². The van der Waals surface area contributed by atoms with Crippen LogP contribution >= 0.6 is 0 Å². The fourth-order valence-corrected chi connectivity index (χ4v) is 1.66. The molecule has 0 aliphatic rings. The number of hydrogen-bond donors (Lipinski definition) is 4. The van der Waals surface area contributed by atoms with E-state index >= 15 is 0 Å². The lowest BCUT2D eigenvalue weighted by Crippen LogP contribution is -2.07. The van der Waals surface area contributed by atoms with Gasteiger partial charge in [-0.05, 0) is 18.2 Å². The molecule has 0 aliphatic heterocycles. The standard InChI is InChI=1S/C10H9N5O2/c11-15-9-12-4-7(13-9)5-1-2-8-6(3-5)14-10(16)17-8/h1-4H,11H2,(H,14,16)(H2,12,13,15). The van der Waals surface area contributed by atoms with E-state index in [-0.39, 0.29) is 0 Å². The number of aromatic amines is 2. The highest BCUT2D eigenvalue weighted by molar-refractivity contribution is 5.79. The number of anilines is 1. The number of hydrogen-bond acceptors (Lipinski definition) is 5. The van der Waals surface area contributed by atoms with Gasteiger partial charge in [-0.3, -0.25) is 10.4 Å². The Kier molecular flexibility index (Phi) is 1.99. The highest BCUT2D eigenvalue weighted by Gasteiger charge is 2.06. The highest BCUT2D eigenvalue weighted by Crippen LogP contribution is 2.22. The van der Waals surface area contributed by atoms with Crippen LogP contribution < -0.4 is 17.0 Å². The number of aromatic nitrogens is 3. The van der Waals surface area contributed by atoms with Crippen LogP contribution in [0.1, 0.15) is 0 Å². The summed E-state index contributed by atoms with van der Waals surface area (Å²) in [5, 5.41) is 0. The van der Waals surface area contributed by atoms with Crippen LogP contribution in [0.25, 0.3) is 22.4 Å². The average Bonchev–Trinajstić information content (AvgIpc) is 2.92. The number of rotatable bonds is 2. The summed E-state index contributed by atoms with van der Waals surface area (Å²) in [6.07, 6.45) is 1.65. The van der Waals surface area contributed by atoms with Crippen LogP contribution in [0.2, 0.25) is 0 Å². The molecule has 5 N–H and O–H groups in total. The van der Waals surface area contributed by atoms with Gasteiger partial charge in [0.25, 0.3) is 0 Å². The number of oxazole rings is 1. The van der Waals surface area contributed by atoms with E-state index in [9.17, 15) is 4.79 Å². The van der Waals surface area contributed by atoms with E-state index < -0.39 is 5.76 Å². The summed E-state index contributed by atoms with van der Waals surface area (Å²) in [6.45, 7) is 0. The van der Waals surface area contributed by atoms with E-state index in [1.807, 2.05) is 6.07 Å². The molecule has 0 aliphatic carbocycles. The lowest BCUT2D eigenvalue weighted by Gasteiger charge is -1.96. The van der Waals surface area contributed by atoms with Gasteiger partial charge in [0.2, 0.25) is 5.95 Å². The summed E-state index contributed by atoms with van der Waals surface area (Å²) < 4.78 is 4.92. The minimum absolute atomic E-state index is 0.467. The van der Waals surface area contributed by atoms with Gasteiger partial charge in [0.05, 0.1) is 17.4 Å². The van der Waals surface area contributed by atoms with Crippen LogP contribution in [-0.2, 0) is 0 Å². The van der Waals surface area contributed by atoms with Crippen molar-refractivity contribution < 1.29 is 4.42 Å². The van der Waals surface area contributed by atoms with E-state index in [4.69, 9.17) is 10.3 Å². The Labute approximate surface area is 94.6 Å². The zero-order valence-electron chi connectivity index (χ0n) is 8.65. The summed E-state index contributed by atoms with van der Waals surface area (Å²) in [7, 11) is 0. The number of fused-ring (bicyclic) bond motifs is 1. The van der Waals surface area contributed by atoms with Crippen LogP contribution in [0.5, 0.6) is 0 Å². The summed E-state index contributed by atoms with van der Waals surface area (Å²) >= 11 is 0. The van der Waals surface area contributed by atoms with Gasteiger partial charge >= 0.3 is 5.76 Å². The number of imidazole rings is 1. The van der Waals surface area contributed by atoms with Gasteiger partial charge in [-0.25, -0.2) is 15.6 Å². The Balaban J connectivity index is 2.13. The molecule has 2 aromatic heterocycles. The zero-order valence-corrected chi connectivity index (χ0v) is 8.65. The number of hydrazine groups is 1. The van der Waals surface area contributed by atoms with Crippen molar-refractivity contribution in [1.82, 2.24) is 15.0 Å². The van der Waals surface area contributed by atoms with Gasteiger partial charge in [-0.15, -0.1) is 0 Å². The van der Waals surface area contributed by atoms with E-state index in [2.05, 4.69) is 20.4 Å². The molecule has 0 amide bonds. The van der Waals surface area contributed by atoms with Crippen molar-refractivity contribution in [3.63, 3.8) is 0 Å². The quantitative estimate of drug-likeness (QED) is 0.385. The minimum Gasteiger partial charge on any atom is -0.408 e. The molecule has 0 fully saturated rings. The molecule has 0 atom stereocenters. The number of nitrogens with two attached hydrogens (primary N) is 1. The first-order valence-electron chi connectivity index (χ1n) is 4.91. The predicted molar refractivity (Wildman–Crippen MR) is 62.2 cm³/mol. The SMILES string of the molecule is NNc1ncc(-c2ccc3oc(=O)[nH]c3c2)[nH]1. The maximum absolute atomic E-state index is 11.0. The first-order chi connectivity index (χ1) is 8.26. The van der Waals surface area contributed by atoms with E-state index in [1.165, 1.54) is 0 Å². The predicted octanol–water partition coefficient (Wildman–Crippen LogP) is 0.797. The van der Waals surface area contributed by atoms with Crippen molar-refractivity contribution in [2.45, 2.75) is 0 Å². The Morgan fingerprint density at radius 1 is 1.35 bits per heavy atom. The lowest BCUT2D eigenvalue weighted by atomic mass is 10.1. The van der Waals surface area contributed by atoms with Crippen molar-refractivity contribution in [1.29, 1.82) is 0 Å². The molecule has 86 valence electrons. The maximum Gasteiger partial charge on any atom is 0.417 e. The van der Waals surface area contributed by atoms with Crippen LogP contribution in [-0.4, -0.2) is 15.0 Å². The molecule has 7 heteroatoms. The first kappa shape index (κ1) is 9.67. The largest absolute Gasteiger partial charge is 0.417 e. The first-order valence-corrected chi connectivity index (χ1v) is 4.91. The fourth-order valence-electron chi connectivity index (χ4n) is 1.66. The van der Waals surface area contributed by atoms with Crippen LogP contribution in [0.3, 0.4) is 0 Å². The number of nitrogens with zero attached hydrogens (tertiary/aromatic N) is 1. The Bertz CT molecular complexity index is 723. The molecule has 3 rings (SSSR count). The van der Waals surface area contributed by atoms with Crippen LogP contribution in [0.4, 0.5) is 5.95 Å². The molecule has 0 bridgehead atoms. The average molecular weight is 231 g/mol. The van der Waals surface area contributed by atoms with Gasteiger partial charge in [0.1, 0.15) is 0 Å². The summed E-state index contributed by atoms with van der Waals surface area (Å²) in [5.74, 6) is 5.24. The van der Waals surface area contributed by atoms with Crippen molar-refractivity contribution in [3.05, 3.63) is 34.9 Å². The van der Waals surface area contributed by atoms with E-state index in [0.29, 0.717) is 17.0 Å². The number of nitrogen functional groups attached to an aromatic ring is 1. The molecule has 17 heavy (non-hydrogen) atoms. The number of benzene rings is 1. The Morgan fingerprint density at radius 3 is 3.00 bits per heavy atom. The summed E-state index contributed by atoms with van der Waals surface area (Å²) in [4.78, 5) is 20.6. The topological polar surface area (TPSA) is 113 Å². The second kappa shape index (κ2) is 3.49. The normalized spacial score (nSPS) is 10.9. The molecule has 7 nitrogen and oxygen atoms in total. The monoisotopic (exact) mass is 231 g/mol. The summed E-state index contributed by atoms with van der Waals surface area (Å²) in [5.41, 5.74) is 5.25. The summed E-state index contributed by atoms with van der Waals surface area (Å²) in [6, 6.07) is 5.35. The van der Waals surface area contributed by atoms with Crippen molar-refractivity contribution in [2.75, 3.05) is 5.43 Å². The maximum atomic E-state index is 11.0. The second-order valence-corrected chi connectivity index (χ2v) is 3.52. The minimum atomic E-state index is -0.467. The Morgan fingerprint density at radius 2 is 2.24 bits per heavy atom. The number of H-pyrrole nitrogens is 2. The van der Waals surface area contributed by atoms with E-state index in [1.54, 1.807) is 18.3 Å². The zero-order chi connectivity index (χ0) is 11.8. The fraction of sp³-hybridized carbons (Fsp3) is 0. The smallest absolute Gasteiger partial charge is 0.408 e. The molecule has 0 unspecified atom stereocenters. The molecule has 0 spiro atoms. The molecule has 0 saturated carbocycles. The lowest BCUT2D eigenvalue weighted by molar-refractivity contribution is 0.555. The molecule has 0 saturated heterocycles. The van der Waals surface area contributed by atoms with Gasteiger partial charge in [-0.1, -0.05) is 0 Å². The third-order valence-corrected chi connectivity index (χ3v) is 2.44. The highest BCUT2D eigenvalue weighted by atomic mass is 16.4. The third kappa shape index (κ3) is 1.58. The third-order valence-electron chi connectivity index (χ3n) is 2.44. The molecule has 2 heterocycles. The second-order valence-electron chi connectivity index (χ2n) is 3.52. The van der Waals surface area contributed by atoms with Gasteiger partial charge in [0.15, 0.2) is 5.58 Å². The van der Waals surface area contributed by atoms with E-state index in [0.717, 1.165) is 11.3 Å². The molecular weight excluding hydrogens is 222 g/mol. The molecular formula is C10H9N5O2.